The zero-order valence-corrected chi connectivity index (χ0v) is 10.4. The third kappa shape index (κ3) is 2.14. The Bertz CT molecular complexity index is 532. The van der Waals surface area contributed by atoms with Crippen molar-refractivity contribution >= 4 is 23.1 Å². The van der Waals surface area contributed by atoms with Crippen LogP contribution in [0.25, 0.3) is 5.57 Å². The van der Waals surface area contributed by atoms with Crippen molar-refractivity contribution in [3.63, 3.8) is 0 Å². The summed E-state index contributed by atoms with van der Waals surface area (Å²) in [4.78, 5) is 24.7. The number of carboxylic acids is 1. The van der Waals surface area contributed by atoms with Gasteiger partial charge in [-0.2, -0.15) is 0 Å². The SMILES string of the molecule is CC(C)CN1C(=O)/C(=C/C(=O)O)c2ccccc21. The highest BCUT2D eigenvalue weighted by atomic mass is 16.4. The molecule has 1 aliphatic heterocycles. The third-order valence-corrected chi connectivity index (χ3v) is 2.78. The van der Waals surface area contributed by atoms with Crippen molar-refractivity contribution in [1.82, 2.24) is 0 Å². The monoisotopic (exact) mass is 245 g/mol. The quantitative estimate of drug-likeness (QED) is 0.830. The maximum absolute atomic E-state index is 12.2. The van der Waals surface area contributed by atoms with Crippen molar-refractivity contribution in [3.8, 4) is 0 Å². The zero-order chi connectivity index (χ0) is 13.3. The molecule has 0 spiro atoms. The number of carbonyl (C=O) groups excluding carboxylic acids is 1. The smallest absolute Gasteiger partial charge is 0.329 e. The molecular formula is C14H15NO3. The van der Waals surface area contributed by atoms with E-state index >= 15 is 0 Å². The first-order valence-electron chi connectivity index (χ1n) is 5.86. The molecule has 1 aromatic rings. The van der Waals surface area contributed by atoms with Crippen LogP contribution in [0.4, 0.5) is 5.69 Å². The number of aliphatic carboxylic acids is 1. The molecule has 0 fully saturated rings. The predicted octanol–water partition coefficient (Wildman–Crippen LogP) is 2.16. The first-order valence-corrected chi connectivity index (χ1v) is 5.86. The Morgan fingerprint density at radius 3 is 2.67 bits per heavy atom. The van der Waals surface area contributed by atoms with Crippen LogP contribution in [-0.4, -0.2) is 23.5 Å². The number of benzene rings is 1. The molecule has 0 aromatic heterocycles. The van der Waals surface area contributed by atoms with Crippen LogP contribution in [0.15, 0.2) is 30.3 Å². The molecule has 1 aromatic carbocycles. The van der Waals surface area contributed by atoms with E-state index in [4.69, 9.17) is 5.11 Å². The Hall–Kier alpha value is -2.10. The summed E-state index contributed by atoms with van der Waals surface area (Å²) < 4.78 is 0. The molecular weight excluding hydrogens is 230 g/mol. The van der Waals surface area contributed by atoms with E-state index < -0.39 is 5.97 Å². The summed E-state index contributed by atoms with van der Waals surface area (Å²) in [6.45, 7) is 4.64. The summed E-state index contributed by atoms with van der Waals surface area (Å²) in [5.41, 5.74) is 1.76. The summed E-state index contributed by atoms with van der Waals surface area (Å²) in [5.74, 6) is -1.00. The van der Waals surface area contributed by atoms with Crippen LogP contribution in [-0.2, 0) is 9.59 Å². The minimum Gasteiger partial charge on any atom is -0.478 e. The van der Waals surface area contributed by atoms with Crippen LogP contribution in [0.3, 0.4) is 0 Å². The fourth-order valence-electron chi connectivity index (χ4n) is 2.12. The Morgan fingerprint density at radius 1 is 1.39 bits per heavy atom. The van der Waals surface area contributed by atoms with Gasteiger partial charge < -0.3 is 10.0 Å². The number of hydrogen-bond acceptors (Lipinski definition) is 2. The molecule has 0 bridgehead atoms. The molecule has 0 atom stereocenters. The van der Waals surface area contributed by atoms with Gasteiger partial charge in [-0.05, 0) is 12.0 Å². The number of rotatable bonds is 3. The van der Waals surface area contributed by atoms with Gasteiger partial charge in [0.25, 0.3) is 5.91 Å². The van der Waals surface area contributed by atoms with E-state index in [1.807, 2.05) is 26.0 Å². The van der Waals surface area contributed by atoms with E-state index in [-0.39, 0.29) is 11.5 Å². The number of nitrogens with zero attached hydrogens (tertiary/aromatic N) is 1. The average Bonchev–Trinajstić information content (AvgIpc) is 2.54. The standard InChI is InChI=1S/C14H15NO3/c1-9(2)8-15-12-6-4-3-5-10(12)11(14(15)18)7-13(16)17/h3-7,9H,8H2,1-2H3,(H,16,17)/b11-7+. The fourth-order valence-corrected chi connectivity index (χ4v) is 2.12. The van der Waals surface area contributed by atoms with Crippen LogP contribution < -0.4 is 4.90 Å². The van der Waals surface area contributed by atoms with Crippen molar-refractivity contribution in [2.24, 2.45) is 5.92 Å². The van der Waals surface area contributed by atoms with Gasteiger partial charge in [0, 0.05) is 18.2 Å². The molecule has 1 amide bonds. The van der Waals surface area contributed by atoms with Gasteiger partial charge in [-0.1, -0.05) is 32.0 Å². The van der Waals surface area contributed by atoms with Gasteiger partial charge in [0.05, 0.1) is 11.3 Å². The number of anilines is 1. The predicted molar refractivity (Wildman–Crippen MR) is 69.2 cm³/mol. The van der Waals surface area contributed by atoms with Crippen LogP contribution >= 0.6 is 0 Å². The zero-order valence-electron chi connectivity index (χ0n) is 10.4. The van der Waals surface area contributed by atoms with E-state index in [9.17, 15) is 9.59 Å². The van der Waals surface area contributed by atoms with Gasteiger partial charge in [0.2, 0.25) is 0 Å². The minimum atomic E-state index is -1.10. The van der Waals surface area contributed by atoms with E-state index in [0.717, 1.165) is 11.8 Å². The first kappa shape index (κ1) is 12.4. The van der Waals surface area contributed by atoms with Crippen molar-refractivity contribution in [3.05, 3.63) is 35.9 Å². The van der Waals surface area contributed by atoms with Gasteiger partial charge >= 0.3 is 5.97 Å². The Morgan fingerprint density at radius 2 is 2.06 bits per heavy atom. The maximum Gasteiger partial charge on any atom is 0.329 e. The highest BCUT2D eigenvalue weighted by molar-refractivity contribution is 6.34. The van der Waals surface area contributed by atoms with Gasteiger partial charge in [-0.15, -0.1) is 0 Å². The maximum atomic E-state index is 12.2. The number of fused-ring (bicyclic) bond motifs is 1. The molecule has 0 radical (unpaired) electrons. The van der Waals surface area contributed by atoms with E-state index in [1.165, 1.54) is 0 Å². The lowest BCUT2D eigenvalue weighted by Gasteiger charge is -2.19. The highest BCUT2D eigenvalue weighted by Crippen LogP contribution is 2.36. The van der Waals surface area contributed by atoms with E-state index in [2.05, 4.69) is 0 Å². The molecule has 4 heteroatoms. The van der Waals surface area contributed by atoms with Gasteiger partial charge in [0.15, 0.2) is 0 Å². The van der Waals surface area contributed by atoms with Crippen LogP contribution in [0.1, 0.15) is 19.4 Å². The Balaban J connectivity index is 2.50. The minimum absolute atomic E-state index is 0.229. The average molecular weight is 245 g/mol. The van der Waals surface area contributed by atoms with Crippen LogP contribution in [0.2, 0.25) is 0 Å². The second-order valence-electron chi connectivity index (χ2n) is 4.72. The molecule has 2 rings (SSSR count). The number of hydrogen-bond donors (Lipinski definition) is 1. The molecule has 0 saturated heterocycles. The molecule has 0 aliphatic carbocycles. The molecule has 4 nitrogen and oxygen atoms in total. The molecule has 18 heavy (non-hydrogen) atoms. The molecule has 0 unspecified atom stereocenters. The summed E-state index contributed by atoms with van der Waals surface area (Å²) in [5, 5.41) is 8.84. The second-order valence-corrected chi connectivity index (χ2v) is 4.72. The largest absolute Gasteiger partial charge is 0.478 e. The van der Waals surface area contributed by atoms with Crippen LogP contribution in [0.5, 0.6) is 0 Å². The van der Waals surface area contributed by atoms with Gasteiger partial charge in [-0.3, -0.25) is 4.79 Å². The lowest BCUT2D eigenvalue weighted by atomic mass is 10.1. The Labute approximate surface area is 106 Å². The number of carboxylic acid groups (broad SMARTS) is 1. The van der Waals surface area contributed by atoms with Crippen molar-refractivity contribution in [2.45, 2.75) is 13.8 Å². The van der Waals surface area contributed by atoms with Crippen molar-refractivity contribution < 1.29 is 14.7 Å². The highest BCUT2D eigenvalue weighted by Gasteiger charge is 2.32. The normalized spacial score (nSPS) is 16.5. The number of amides is 1. The topological polar surface area (TPSA) is 57.6 Å². The summed E-state index contributed by atoms with van der Waals surface area (Å²) in [7, 11) is 0. The number of para-hydroxylation sites is 1. The van der Waals surface area contributed by atoms with Gasteiger partial charge in [0.1, 0.15) is 0 Å². The lowest BCUT2D eigenvalue weighted by molar-refractivity contribution is -0.131. The molecule has 94 valence electrons. The molecule has 1 N–H and O–H groups in total. The summed E-state index contributed by atoms with van der Waals surface area (Å²) >= 11 is 0. The first-order chi connectivity index (χ1) is 8.50. The van der Waals surface area contributed by atoms with Crippen molar-refractivity contribution in [2.75, 3.05) is 11.4 Å². The second kappa shape index (κ2) is 4.64. The summed E-state index contributed by atoms with van der Waals surface area (Å²) in [6, 6.07) is 7.28. The third-order valence-electron chi connectivity index (χ3n) is 2.78. The molecule has 1 aliphatic rings. The number of carbonyl (C=O) groups is 2. The van der Waals surface area contributed by atoms with E-state index in [1.54, 1.807) is 17.0 Å². The van der Waals surface area contributed by atoms with Crippen LogP contribution in [0, 0.1) is 5.92 Å². The Kier molecular flexibility index (Phi) is 3.19. The van der Waals surface area contributed by atoms with Crippen molar-refractivity contribution in [1.29, 1.82) is 0 Å². The van der Waals surface area contributed by atoms with E-state index in [0.29, 0.717) is 18.0 Å². The molecule has 0 saturated carbocycles. The fraction of sp³-hybridized carbons (Fsp3) is 0.286. The lowest BCUT2D eigenvalue weighted by Crippen LogP contribution is -2.30. The summed E-state index contributed by atoms with van der Waals surface area (Å²) in [6.07, 6.45) is 0.988. The van der Waals surface area contributed by atoms with Gasteiger partial charge in [-0.25, -0.2) is 4.79 Å². The molecule has 1 heterocycles.